The molecule has 82 valence electrons. The molecule has 2 rings (SSSR count). The molecule has 0 radical (unpaired) electrons. The Morgan fingerprint density at radius 3 is 3.13 bits per heavy atom. The van der Waals surface area contributed by atoms with Crippen LogP contribution in [0.1, 0.15) is 12.8 Å². The van der Waals surface area contributed by atoms with Gasteiger partial charge in [-0.15, -0.1) is 0 Å². The molecule has 1 aliphatic rings. The molecule has 0 saturated carbocycles. The molecule has 1 aromatic rings. The Morgan fingerprint density at radius 2 is 2.40 bits per heavy atom. The van der Waals surface area contributed by atoms with Gasteiger partial charge in [0.15, 0.2) is 0 Å². The number of aliphatic hydroxyl groups is 1. The third-order valence-corrected chi connectivity index (χ3v) is 2.92. The van der Waals surface area contributed by atoms with Gasteiger partial charge in [-0.1, -0.05) is 11.6 Å². The van der Waals surface area contributed by atoms with E-state index < -0.39 is 0 Å². The van der Waals surface area contributed by atoms with Crippen LogP contribution >= 0.6 is 11.6 Å². The van der Waals surface area contributed by atoms with E-state index in [2.05, 4.69) is 14.9 Å². The summed E-state index contributed by atoms with van der Waals surface area (Å²) >= 11 is 5.78. The molecule has 15 heavy (non-hydrogen) atoms. The smallest absolute Gasteiger partial charge is 0.149 e. The Morgan fingerprint density at radius 1 is 1.53 bits per heavy atom. The van der Waals surface area contributed by atoms with Crippen LogP contribution in [0.25, 0.3) is 0 Å². The minimum absolute atomic E-state index is 0.264. The molecule has 0 amide bonds. The molecule has 1 fully saturated rings. The highest BCUT2D eigenvalue weighted by molar-refractivity contribution is 6.29. The van der Waals surface area contributed by atoms with E-state index in [1.165, 1.54) is 6.20 Å². The van der Waals surface area contributed by atoms with Gasteiger partial charge in [-0.25, -0.2) is 4.98 Å². The average molecular weight is 228 g/mol. The molecule has 0 aliphatic carbocycles. The summed E-state index contributed by atoms with van der Waals surface area (Å²) in [4.78, 5) is 10.4. The highest BCUT2D eigenvalue weighted by Gasteiger charge is 2.23. The Balaban J connectivity index is 2.01. The van der Waals surface area contributed by atoms with Gasteiger partial charge < -0.3 is 10.0 Å². The average Bonchev–Trinajstić information content (AvgIpc) is 2.67. The first-order chi connectivity index (χ1) is 7.29. The standard InChI is InChI=1S/C10H14ClN3O/c11-9-5-12-6-10(13-9)14-3-1-8(7-14)2-4-15/h5-6,8,15H,1-4,7H2. The Bertz CT molecular complexity index is 334. The highest BCUT2D eigenvalue weighted by Crippen LogP contribution is 2.24. The van der Waals surface area contributed by atoms with Crippen LogP contribution in [-0.4, -0.2) is 34.8 Å². The fraction of sp³-hybridized carbons (Fsp3) is 0.600. The Labute approximate surface area is 93.9 Å². The van der Waals surface area contributed by atoms with E-state index in [1.807, 2.05) is 0 Å². The van der Waals surface area contributed by atoms with Crippen molar-refractivity contribution >= 4 is 17.4 Å². The number of aromatic nitrogens is 2. The van der Waals surface area contributed by atoms with Crippen molar-refractivity contribution in [3.63, 3.8) is 0 Å². The minimum Gasteiger partial charge on any atom is -0.396 e. The zero-order chi connectivity index (χ0) is 10.7. The lowest BCUT2D eigenvalue weighted by molar-refractivity contribution is 0.263. The maximum atomic E-state index is 8.86. The van der Waals surface area contributed by atoms with Gasteiger partial charge in [-0.3, -0.25) is 4.98 Å². The molecular formula is C10H14ClN3O. The number of aliphatic hydroxyl groups excluding tert-OH is 1. The topological polar surface area (TPSA) is 49.2 Å². The molecule has 1 N–H and O–H groups in total. The van der Waals surface area contributed by atoms with E-state index in [0.29, 0.717) is 11.1 Å². The lowest BCUT2D eigenvalue weighted by Crippen LogP contribution is -2.21. The minimum atomic E-state index is 0.264. The van der Waals surface area contributed by atoms with Crippen LogP contribution in [-0.2, 0) is 0 Å². The summed E-state index contributed by atoms with van der Waals surface area (Å²) < 4.78 is 0. The molecular weight excluding hydrogens is 214 g/mol. The van der Waals surface area contributed by atoms with Crippen molar-refractivity contribution in [1.82, 2.24) is 9.97 Å². The molecule has 1 unspecified atom stereocenters. The van der Waals surface area contributed by atoms with Crippen LogP contribution in [0.4, 0.5) is 5.82 Å². The number of hydrogen-bond donors (Lipinski definition) is 1. The van der Waals surface area contributed by atoms with E-state index >= 15 is 0 Å². The van der Waals surface area contributed by atoms with Crippen LogP contribution in [0, 0.1) is 5.92 Å². The molecule has 1 aliphatic heterocycles. The van der Waals surface area contributed by atoms with Crippen molar-refractivity contribution in [3.05, 3.63) is 17.5 Å². The summed E-state index contributed by atoms with van der Waals surface area (Å²) in [5, 5.41) is 9.29. The van der Waals surface area contributed by atoms with Gasteiger partial charge in [-0.2, -0.15) is 0 Å². The van der Waals surface area contributed by atoms with E-state index in [9.17, 15) is 0 Å². The van der Waals surface area contributed by atoms with E-state index in [-0.39, 0.29) is 6.61 Å². The number of nitrogens with zero attached hydrogens (tertiary/aromatic N) is 3. The van der Waals surface area contributed by atoms with Crippen LogP contribution in [0.3, 0.4) is 0 Å². The van der Waals surface area contributed by atoms with Gasteiger partial charge in [-0.05, 0) is 18.8 Å². The molecule has 4 nitrogen and oxygen atoms in total. The van der Waals surface area contributed by atoms with Gasteiger partial charge >= 0.3 is 0 Å². The van der Waals surface area contributed by atoms with Gasteiger partial charge in [0.25, 0.3) is 0 Å². The lowest BCUT2D eigenvalue weighted by Gasteiger charge is -2.16. The van der Waals surface area contributed by atoms with Gasteiger partial charge in [0.05, 0.1) is 12.4 Å². The van der Waals surface area contributed by atoms with Crippen LogP contribution in [0.2, 0.25) is 5.15 Å². The second kappa shape index (κ2) is 4.77. The van der Waals surface area contributed by atoms with Gasteiger partial charge in [0.2, 0.25) is 0 Å². The van der Waals surface area contributed by atoms with Crippen LogP contribution in [0.15, 0.2) is 12.4 Å². The first-order valence-corrected chi connectivity index (χ1v) is 5.50. The highest BCUT2D eigenvalue weighted by atomic mass is 35.5. The van der Waals surface area contributed by atoms with Crippen molar-refractivity contribution in [1.29, 1.82) is 0 Å². The van der Waals surface area contributed by atoms with Crippen molar-refractivity contribution in [2.45, 2.75) is 12.8 Å². The summed E-state index contributed by atoms with van der Waals surface area (Å²) in [7, 11) is 0. The Hall–Kier alpha value is -0.870. The maximum Gasteiger partial charge on any atom is 0.149 e. The zero-order valence-electron chi connectivity index (χ0n) is 8.43. The molecule has 0 aromatic carbocycles. The number of hydrogen-bond acceptors (Lipinski definition) is 4. The summed E-state index contributed by atoms with van der Waals surface area (Å²) in [6.45, 7) is 2.18. The van der Waals surface area contributed by atoms with E-state index in [4.69, 9.17) is 16.7 Å². The lowest BCUT2D eigenvalue weighted by atomic mass is 10.1. The van der Waals surface area contributed by atoms with Crippen molar-refractivity contribution in [3.8, 4) is 0 Å². The summed E-state index contributed by atoms with van der Waals surface area (Å²) in [6.07, 6.45) is 5.23. The largest absolute Gasteiger partial charge is 0.396 e. The molecule has 1 atom stereocenters. The third-order valence-electron chi connectivity index (χ3n) is 2.74. The second-order valence-electron chi connectivity index (χ2n) is 3.81. The zero-order valence-corrected chi connectivity index (χ0v) is 9.19. The van der Waals surface area contributed by atoms with Crippen molar-refractivity contribution in [2.75, 3.05) is 24.6 Å². The van der Waals surface area contributed by atoms with Crippen molar-refractivity contribution < 1.29 is 5.11 Å². The SMILES string of the molecule is OCCC1CCN(c2cncc(Cl)n2)C1. The van der Waals surface area contributed by atoms with Gasteiger partial charge in [0, 0.05) is 19.7 Å². The van der Waals surface area contributed by atoms with Crippen LogP contribution in [0.5, 0.6) is 0 Å². The molecule has 2 heterocycles. The van der Waals surface area contributed by atoms with Crippen molar-refractivity contribution in [2.24, 2.45) is 5.92 Å². The number of halogens is 1. The maximum absolute atomic E-state index is 8.86. The molecule has 0 bridgehead atoms. The number of anilines is 1. The first kappa shape index (κ1) is 10.6. The fourth-order valence-corrected chi connectivity index (χ4v) is 2.09. The normalized spacial score (nSPS) is 20.9. The molecule has 5 heteroatoms. The summed E-state index contributed by atoms with van der Waals surface area (Å²) in [5.74, 6) is 1.40. The molecule has 1 aromatic heterocycles. The van der Waals surface area contributed by atoms with E-state index in [1.54, 1.807) is 6.20 Å². The predicted molar refractivity (Wildman–Crippen MR) is 59.1 cm³/mol. The molecule has 0 spiro atoms. The molecule has 1 saturated heterocycles. The third kappa shape index (κ3) is 2.58. The predicted octanol–water partition coefficient (Wildman–Crippen LogP) is 1.34. The monoisotopic (exact) mass is 227 g/mol. The van der Waals surface area contributed by atoms with E-state index in [0.717, 1.165) is 31.7 Å². The van der Waals surface area contributed by atoms with Gasteiger partial charge in [0.1, 0.15) is 11.0 Å². The quantitative estimate of drug-likeness (QED) is 0.847. The summed E-state index contributed by atoms with van der Waals surface area (Å²) in [6, 6.07) is 0. The summed E-state index contributed by atoms with van der Waals surface area (Å²) in [5.41, 5.74) is 0. The first-order valence-electron chi connectivity index (χ1n) is 5.13. The number of rotatable bonds is 3. The van der Waals surface area contributed by atoms with Crippen LogP contribution < -0.4 is 4.90 Å². The second-order valence-corrected chi connectivity index (χ2v) is 4.20. The fourth-order valence-electron chi connectivity index (χ4n) is 1.94. The Kier molecular flexibility index (Phi) is 3.38.